The predicted octanol–water partition coefficient (Wildman–Crippen LogP) is 3.86. The summed E-state index contributed by atoms with van der Waals surface area (Å²) >= 11 is 0. The number of halogens is 3. The van der Waals surface area contributed by atoms with Gasteiger partial charge in [-0.2, -0.15) is 13.2 Å². The largest absolute Gasteiger partial charge is 0.451 e. The Morgan fingerprint density at radius 1 is 1.15 bits per heavy atom. The Kier molecular flexibility index (Phi) is 4.50. The van der Waals surface area contributed by atoms with Crippen LogP contribution in [-0.2, 0) is 10.9 Å². The van der Waals surface area contributed by atoms with E-state index in [0.717, 1.165) is 12.1 Å². The molecular weight excluding hydrogens is 349 g/mol. The number of esters is 1. The maximum atomic E-state index is 12.7. The van der Waals surface area contributed by atoms with E-state index in [4.69, 9.17) is 4.74 Å². The van der Waals surface area contributed by atoms with Crippen LogP contribution in [0.3, 0.4) is 0 Å². The van der Waals surface area contributed by atoms with Gasteiger partial charge >= 0.3 is 12.1 Å². The number of benzene rings is 2. The fourth-order valence-corrected chi connectivity index (χ4v) is 2.40. The molecule has 0 unspecified atom stereocenters. The molecule has 1 heterocycles. The molecular formula is C18H13F3N2O3. The van der Waals surface area contributed by atoms with Gasteiger partial charge in [-0.05, 0) is 37.3 Å². The van der Waals surface area contributed by atoms with Crippen molar-refractivity contribution in [1.29, 1.82) is 0 Å². The maximum absolute atomic E-state index is 12.7. The van der Waals surface area contributed by atoms with Crippen LogP contribution in [0.2, 0.25) is 0 Å². The molecule has 1 aromatic heterocycles. The molecule has 0 spiro atoms. The van der Waals surface area contributed by atoms with Crippen molar-refractivity contribution in [2.45, 2.75) is 19.2 Å². The number of H-pyrrole nitrogens is 1. The highest BCUT2D eigenvalue weighted by Gasteiger charge is 2.31. The first-order chi connectivity index (χ1) is 12.3. The van der Waals surface area contributed by atoms with Crippen molar-refractivity contribution in [1.82, 2.24) is 9.97 Å². The Hall–Kier alpha value is -3.16. The number of nitrogens with one attached hydrogen (secondary N) is 1. The van der Waals surface area contributed by atoms with E-state index >= 15 is 0 Å². The zero-order valence-electron chi connectivity index (χ0n) is 13.5. The van der Waals surface area contributed by atoms with Crippen molar-refractivity contribution < 1.29 is 22.7 Å². The molecule has 5 nitrogen and oxygen atoms in total. The fourth-order valence-electron chi connectivity index (χ4n) is 2.40. The average molecular weight is 362 g/mol. The molecule has 0 amide bonds. The first kappa shape index (κ1) is 17.7. The second-order valence-corrected chi connectivity index (χ2v) is 5.59. The molecule has 3 rings (SSSR count). The van der Waals surface area contributed by atoms with Crippen LogP contribution in [0.15, 0.2) is 53.3 Å². The van der Waals surface area contributed by atoms with Crippen molar-refractivity contribution >= 4 is 16.9 Å². The Morgan fingerprint density at radius 2 is 1.88 bits per heavy atom. The molecule has 2 aromatic carbocycles. The number of hydrogen-bond donors (Lipinski definition) is 1. The number of rotatable bonds is 3. The summed E-state index contributed by atoms with van der Waals surface area (Å²) < 4.78 is 43.4. The van der Waals surface area contributed by atoms with E-state index in [1.54, 1.807) is 24.3 Å². The number of para-hydroxylation sites is 1. The van der Waals surface area contributed by atoms with E-state index < -0.39 is 29.4 Å². The number of fused-ring (bicyclic) bond motifs is 1. The van der Waals surface area contributed by atoms with Gasteiger partial charge < -0.3 is 9.72 Å². The third-order valence-corrected chi connectivity index (χ3v) is 3.73. The van der Waals surface area contributed by atoms with Gasteiger partial charge in [0.1, 0.15) is 0 Å². The summed E-state index contributed by atoms with van der Waals surface area (Å²) in [5, 5.41) is 0.382. The van der Waals surface area contributed by atoms with Crippen molar-refractivity contribution in [2.75, 3.05) is 0 Å². The number of hydrogen-bond acceptors (Lipinski definition) is 4. The number of carbonyl (C=O) groups excluding carboxylic acids is 1. The summed E-state index contributed by atoms with van der Waals surface area (Å²) in [5.74, 6) is -0.839. The molecule has 1 N–H and O–H groups in total. The van der Waals surface area contributed by atoms with E-state index in [0.29, 0.717) is 17.0 Å². The number of aromatic amines is 1. The number of alkyl halides is 3. The van der Waals surface area contributed by atoms with Crippen molar-refractivity contribution in [3.63, 3.8) is 0 Å². The highest BCUT2D eigenvalue weighted by atomic mass is 19.4. The Bertz CT molecular complexity index is 1030. The van der Waals surface area contributed by atoms with Crippen molar-refractivity contribution in [2.24, 2.45) is 0 Å². The lowest BCUT2D eigenvalue weighted by Crippen LogP contribution is -2.17. The lowest BCUT2D eigenvalue weighted by molar-refractivity contribution is -0.137. The quantitative estimate of drug-likeness (QED) is 0.718. The first-order valence-electron chi connectivity index (χ1n) is 7.63. The van der Waals surface area contributed by atoms with Gasteiger partial charge in [-0.25, -0.2) is 9.78 Å². The van der Waals surface area contributed by atoms with Gasteiger partial charge in [-0.15, -0.1) is 0 Å². The Morgan fingerprint density at radius 3 is 2.62 bits per heavy atom. The molecule has 0 radical (unpaired) electrons. The van der Waals surface area contributed by atoms with Crippen LogP contribution in [0.4, 0.5) is 13.2 Å². The maximum Gasteiger partial charge on any atom is 0.416 e. The van der Waals surface area contributed by atoms with E-state index in [2.05, 4.69) is 9.97 Å². The second-order valence-electron chi connectivity index (χ2n) is 5.59. The van der Waals surface area contributed by atoms with E-state index in [1.807, 2.05) is 0 Å². The monoisotopic (exact) mass is 362 g/mol. The third-order valence-electron chi connectivity index (χ3n) is 3.73. The summed E-state index contributed by atoms with van der Waals surface area (Å²) in [7, 11) is 0. The smallest absolute Gasteiger partial charge is 0.416 e. The van der Waals surface area contributed by atoms with Gasteiger partial charge in [0.15, 0.2) is 11.9 Å². The molecule has 3 aromatic rings. The fraction of sp³-hybridized carbons (Fsp3) is 0.167. The molecule has 134 valence electrons. The minimum Gasteiger partial charge on any atom is -0.451 e. The Balaban J connectivity index is 1.85. The molecule has 0 aliphatic rings. The summed E-state index contributed by atoms with van der Waals surface area (Å²) in [4.78, 5) is 30.9. The summed E-state index contributed by atoms with van der Waals surface area (Å²) in [6, 6.07) is 10.6. The third kappa shape index (κ3) is 3.58. The molecule has 26 heavy (non-hydrogen) atoms. The van der Waals surface area contributed by atoms with Gasteiger partial charge in [0.05, 0.1) is 22.0 Å². The molecule has 0 saturated carbocycles. The van der Waals surface area contributed by atoms with E-state index in [1.165, 1.54) is 13.0 Å². The summed E-state index contributed by atoms with van der Waals surface area (Å²) in [6.45, 7) is 1.47. The van der Waals surface area contributed by atoms with Gasteiger partial charge in [-0.3, -0.25) is 4.79 Å². The van der Waals surface area contributed by atoms with Gasteiger partial charge in [0, 0.05) is 0 Å². The van der Waals surface area contributed by atoms with Crippen LogP contribution >= 0.6 is 0 Å². The minimum absolute atomic E-state index is 0.106. The number of nitrogens with zero attached hydrogens (tertiary/aromatic N) is 1. The predicted molar refractivity (Wildman–Crippen MR) is 87.6 cm³/mol. The highest BCUT2D eigenvalue weighted by Crippen LogP contribution is 2.30. The molecule has 8 heteroatoms. The van der Waals surface area contributed by atoms with Crippen molar-refractivity contribution in [3.05, 3.63) is 75.8 Å². The summed E-state index contributed by atoms with van der Waals surface area (Å²) in [6.07, 6.45) is -5.51. The molecule has 0 saturated heterocycles. The lowest BCUT2D eigenvalue weighted by atomic mass is 10.1. The molecule has 0 fully saturated rings. The van der Waals surface area contributed by atoms with Crippen LogP contribution < -0.4 is 5.56 Å². The zero-order chi connectivity index (χ0) is 18.9. The van der Waals surface area contributed by atoms with Crippen LogP contribution in [0.5, 0.6) is 0 Å². The number of aromatic nitrogens is 2. The minimum atomic E-state index is -4.56. The van der Waals surface area contributed by atoms with E-state index in [-0.39, 0.29) is 11.4 Å². The Labute approximate surface area is 145 Å². The lowest BCUT2D eigenvalue weighted by Gasteiger charge is -2.14. The van der Waals surface area contributed by atoms with Crippen LogP contribution in [0.1, 0.15) is 34.8 Å². The van der Waals surface area contributed by atoms with Crippen LogP contribution in [0, 0.1) is 0 Å². The van der Waals surface area contributed by atoms with Gasteiger partial charge in [0.2, 0.25) is 0 Å². The van der Waals surface area contributed by atoms with Gasteiger partial charge in [0.25, 0.3) is 5.56 Å². The highest BCUT2D eigenvalue weighted by molar-refractivity contribution is 5.89. The molecule has 0 aliphatic carbocycles. The zero-order valence-corrected chi connectivity index (χ0v) is 13.5. The standard InChI is InChI=1S/C18H13F3N2O3/c1-10(15-22-14-8-3-2-7-13(14)16(24)23-15)26-17(25)11-5-4-6-12(9-11)18(19,20)21/h2-10H,1H3,(H,22,23,24)/t10-/m0/s1. The van der Waals surface area contributed by atoms with Gasteiger partial charge in [-0.1, -0.05) is 18.2 Å². The molecule has 0 bridgehead atoms. The molecule has 0 aliphatic heterocycles. The SMILES string of the molecule is C[C@H](OC(=O)c1cccc(C(F)(F)F)c1)c1nc2ccccc2c(=O)[nH]1. The van der Waals surface area contributed by atoms with Crippen LogP contribution in [-0.4, -0.2) is 15.9 Å². The summed E-state index contributed by atoms with van der Waals surface area (Å²) in [5.41, 5.74) is -1.16. The number of carbonyl (C=O) groups is 1. The van der Waals surface area contributed by atoms with Crippen LogP contribution in [0.25, 0.3) is 10.9 Å². The number of ether oxygens (including phenoxy) is 1. The first-order valence-corrected chi connectivity index (χ1v) is 7.63. The second kappa shape index (κ2) is 6.62. The topological polar surface area (TPSA) is 72.0 Å². The average Bonchev–Trinajstić information content (AvgIpc) is 2.61. The van der Waals surface area contributed by atoms with Crippen molar-refractivity contribution in [3.8, 4) is 0 Å². The normalized spacial score (nSPS) is 12.8. The molecule has 1 atom stereocenters. The van der Waals surface area contributed by atoms with E-state index in [9.17, 15) is 22.8 Å².